The van der Waals surface area contributed by atoms with E-state index in [1.165, 1.54) is 0 Å². The molecule has 0 spiro atoms. The fraction of sp³-hybridized carbons (Fsp3) is 0.174. The molecular weight excluding hydrogens is 444 g/mol. The van der Waals surface area contributed by atoms with E-state index in [0.29, 0.717) is 22.2 Å². The number of carbonyl (C=O) groups is 1. The van der Waals surface area contributed by atoms with Crippen molar-refractivity contribution in [3.8, 4) is 11.3 Å². The highest BCUT2D eigenvalue weighted by Crippen LogP contribution is 2.28. The van der Waals surface area contributed by atoms with Gasteiger partial charge in [-0.3, -0.25) is 4.79 Å². The van der Waals surface area contributed by atoms with Crippen molar-refractivity contribution >= 4 is 53.9 Å². The van der Waals surface area contributed by atoms with Crippen molar-refractivity contribution in [2.45, 2.75) is 12.8 Å². The maximum atomic E-state index is 12.2. The van der Waals surface area contributed by atoms with Crippen LogP contribution in [0.25, 0.3) is 16.9 Å². The Balaban J connectivity index is 1.37. The Labute approximate surface area is 197 Å². The lowest BCUT2D eigenvalue weighted by molar-refractivity contribution is 0.0953. The van der Waals surface area contributed by atoms with Crippen LogP contribution in [0.4, 0.5) is 5.82 Å². The molecule has 0 radical (unpaired) electrons. The number of hydrogen-bond donors (Lipinski definition) is 2. The summed E-state index contributed by atoms with van der Waals surface area (Å²) in [6.45, 7) is 1.32. The monoisotopic (exact) mass is 465 g/mol. The fourth-order valence-electron chi connectivity index (χ4n) is 3.41. The number of amides is 1. The van der Waals surface area contributed by atoms with Gasteiger partial charge in [-0.2, -0.15) is 9.61 Å². The van der Waals surface area contributed by atoms with Crippen molar-refractivity contribution in [3.05, 3.63) is 76.4 Å². The molecule has 2 N–H and O–H groups in total. The van der Waals surface area contributed by atoms with Crippen LogP contribution in [0, 0.1) is 0 Å². The first-order chi connectivity index (χ1) is 15.5. The number of fused-ring (bicyclic) bond motifs is 1. The standard InChI is InChI=1S/C23H22BCl2N5O/c24-18-14-29-31-21(13-20(30-22(18)31)17-8-1-2-9-19(17)26)27-10-3-4-11-28-23(32)15-6-5-7-16(25)12-15/h1-2,5-9,12-14,27H,3-4,10-11,24H2,(H,28,32). The van der Waals surface area contributed by atoms with Crippen LogP contribution in [0.1, 0.15) is 23.2 Å². The van der Waals surface area contributed by atoms with E-state index >= 15 is 0 Å². The summed E-state index contributed by atoms with van der Waals surface area (Å²) in [5, 5.41) is 12.0. The molecule has 4 aromatic rings. The molecule has 2 aromatic carbocycles. The molecule has 32 heavy (non-hydrogen) atoms. The van der Waals surface area contributed by atoms with Gasteiger partial charge < -0.3 is 10.6 Å². The topological polar surface area (TPSA) is 71.3 Å². The molecule has 0 aliphatic rings. The van der Waals surface area contributed by atoms with Crippen molar-refractivity contribution < 1.29 is 4.79 Å². The molecule has 0 unspecified atom stereocenters. The molecule has 0 saturated carbocycles. The third-order valence-electron chi connectivity index (χ3n) is 5.08. The average Bonchev–Trinajstić information content (AvgIpc) is 3.17. The van der Waals surface area contributed by atoms with Crippen LogP contribution in [0.5, 0.6) is 0 Å². The van der Waals surface area contributed by atoms with Gasteiger partial charge in [-0.15, -0.1) is 0 Å². The highest BCUT2D eigenvalue weighted by Gasteiger charge is 2.12. The zero-order valence-electron chi connectivity index (χ0n) is 17.6. The predicted octanol–water partition coefficient (Wildman–Crippen LogP) is 3.58. The number of hydrogen-bond acceptors (Lipinski definition) is 4. The Morgan fingerprint density at radius 3 is 2.66 bits per heavy atom. The Morgan fingerprint density at radius 1 is 1.03 bits per heavy atom. The Bertz CT molecular complexity index is 1260. The normalized spacial score (nSPS) is 10.9. The first-order valence-electron chi connectivity index (χ1n) is 10.4. The van der Waals surface area contributed by atoms with E-state index in [9.17, 15) is 4.79 Å². The second-order valence-corrected chi connectivity index (χ2v) is 8.31. The number of benzene rings is 2. The van der Waals surface area contributed by atoms with E-state index in [2.05, 4.69) is 15.7 Å². The summed E-state index contributed by atoms with van der Waals surface area (Å²) in [7, 11) is 1.98. The number of unbranched alkanes of at least 4 members (excludes halogenated alkanes) is 1. The third kappa shape index (κ3) is 5.06. The van der Waals surface area contributed by atoms with Gasteiger partial charge in [-0.25, -0.2) is 4.98 Å². The number of aromatic nitrogens is 3. The molecule has 0 bridgehead atoms. The van der Waals surface area contributed by atoms with E-state index in [4.69, 9.17) is 28.2 Å². The average molecular weight is 466 g/mol. The predicted molar refractivity (Wildman–Crippen MR) is 133 cm³/mol. The largest absolute Gasteiger partial charge is 0.370 e. The summed E-state index contributed by atoms with van der Waals surface area (Å²) < 4.78 is 1.80. The lowest BCUT2D eigenvalue weighted by Gasteiger charge is -2.12. The molecule has 2 heterocycles. The second kappa shape index (κ2) is 10.1. The van der Waals surface area contributed by atoms with Crippen LogP contribution in [0.2, 0.25) is 10.0 Å². The van der Waals surface area contributed by atoms with E-state index in [1.807, 2.05) is 38.2 Å². The number of nitrogens with one attached hydrogen (secondary N) is 2. The molecule has 162 valence electrons. The highest BCUT2D eigenvalue weighted by molar-refractivity contribution is 6.36. The van der Waals surface area contributed by atoms with Gasteiger partial charge in [0.1, 0.15) is 13.7 Å². The lowest BCUT2D eigenvalue weighted by Crippen LogP contribution is -2.24. The van der Waals surface area contributed by atoms with Crippen LogP contribution < -0.4 is 16.1 Å². The van der Waals surface area contributed by atoms with Crippen LogP contribution in [-0.2, 0) is 0 Å². The fourth-order valence-corrected chi connectivity index (χ4v) is 3.83. The summed E-state index contributed by atoms with van der Waals surface area (Å²) in [6.07, 6.45) is 3.51. The van der Waals surface area contributed by atoms with Crippen LogP contribution >= 0.6 is 23.2 Å². The van der Waals surface area contributed by atoms with Crippen molar-refractivity contribution in [1.29, 1.82) is 0 Å². The Morgan fingerprint density at radius 2 is 1.84 bits per heavy atom. The summed E-state index contributed by atoms with van der Waals surface area (Å²) in [5.41, 5.74) is 4.02. The summed E-state index contributed by atoms with van der Waals surface area (Å²) >= 11 is 12.3. The zero-order valence-corrected chi connectivity index (χ0v) is 19.1. The number of halogens is 2. The number of rotatable bonds is 8. The van der Waals surface area contributed by atoms with E-state index in [-0.39, 0.29) is 5.91 Å². The SMILES string of the molecule is Bc1cnn2c(NCCCCNC(=O)c3cccc(Cl)c3)cc(-c3ccccc3Cl)nc12. The zero-order chi connectivity index (χ0) is 22.5. The van der Waals surface area contributed by atoms with Gasteiger partial charge in [-0.1, -0.05) is 47.5 Å². The van der Waals surface area contributed by atoms with E-state index in [1.54, 1.807) is 35.0 Å². The molecule has 2 aromatic heterocycles. The van der Waals surface area contributed by atoms with Gasteiger partial charge in [0, 0.05) is 46.5 Å². The molecular formula is C23H22BCl2N5O. The van der Waals surface area contributed by atoms with Crippen molar-refractivity contribution in [3.63, 3.8) is 0 Å². The number of nitrogens with zero attached hydrogens (tertiary/aromatic N) is 3. The molecule has 0 atom stereocenters. The summed E-state index contributed by atoms with van der Waals surface area (Å²) in [6, 6.07) is 16.6. The van der Waals surface area contributed by atoms with Crippen molar-refractivity contribution in [2.24, 2.45) is 0 Å². The number of carbonyl (C=O) groups excluding carboxylic acids is 1. The highest BCUT2D eigenvalue weighted by atomic mass is 35.5. The smallest absolute Gasteiger partial charge is 0.251 e. The van der Waals surface area contributed by atoms with Gasteiger partial charge >= 0.3 is 0 Å². The lowest BCUT2D eigenvalue weighted by atomic mass is 10.0. The minimum absolute atomic E-state index is 0.118. The van der Waals surface area contributed by atoms with Gasteiger partial charge in [0.25, 0.3) is 5.91 Å². The molecule has 0 aliphatic carbocycles. The van der Waals surface area contributed by atoms with Crippen molar-refractivity contribution in [2.75, 3.05) is 18.4 Å². The maximum absolute atomic E-state index is 12.2. The quantitative estimate of drug-likeness (QED) is 0.308. The molecule has 0 saturated heterocycles. The molecule has 0 fully saturated rings. The van der Waals surface area contributed by atoms with Gasteiger partial charge in [-0.05, 0) is 42.6 Å². The maximum Gasteiger partial charge on any atom is 0.251 e. The molecule has 0 aliphatic heterocycles. The van der Waals surface area contributed by atoms with E-state index in [0.717, 1.165) is 47.6 Å². The van der Waals surface area contributed by atoms with Gasteiger partial charge in [0.15, 0.2) is 5.65 Å². The minimum Gasteiger partial charge on any atom is -0.370 e. The molecule has 4 rings (SSSR count). The summed E-state index contributed by atoms with van der Waals surface area (Å²) in [4.78, 5) is 16.9. The first-order valence-corrected chi connectivity index (χ1v) is 11.2. The van der Waals surface area contributed by atoms with Crippen LogP contribution in [0.3, 0.4) is 0 Å². The Hall–Kier alpha value is -3.03. The Kier molecular flexibility index (Phi) is 6.97. The first kappa shape index (κ1) is 22.2. The minimum atomic E-state index is -0.118. The molecule has 9 heteroatoms. The van der Waals surface area contributed by atoms with Crippen molar-refractivity contribution in [1.82, 2.24) is 19.9 Å². The number of anilines is 1. The second-order valence-electron chi connectivity index (χ2n) is 7.47. The van der Waals surface area contributed by atoms with Gasteiger partial charge in [0.2, 0.25) is 0 Å². The molecule has 1 amide bonds. The summed E-state index contributed by atoms with van der Waals surface area (Å²) in [5.74, 6) is 0.730. The van der Waals surface area contributed by atoms with E-state index < -0.39 is 0 Å². The van der Waals surface area contributed by atoms with Gasteiger partial charge in [0.05, 0.1) is 5.69 Å². The molecule has 6 nitrogen and oxygen atoms in total. The third-order valence-corrected chi connectivity index (χ3v) is 5.64. The van der Waals surface area contributed by atoms with Crippen LogP contribution in [0.15, 0.2) is 60.8 Å². The van der Waals surface area contributed by atoms with Crippen LogP contribution in [-0.4, -0.2) is 41.4 Å².